The van der Waals surface area contributed by atoms with E-state index in [1.165, 1.54) is 5.56 Å². The lowest BCUT2D eigenvalue weighted by Gasteiger charge is -2.33. The number of rotatable bonds is 4. The standard InChI is InChI=1S/C26H31N3O3/c1-17-4-8-23(9-5-17)29-16-21(15-24(29)30)26(32)28-12-10-20(11-13-28)25(31)27-22-7-6-18(2)19(3)14-22/h4-9,14,20-21H,10-13,15-16H2,1-3H3,(H,27,31). The number of hydrogen-bond donors (Lipinski definition) is 1. The van der Waals surface area contributed by atoms with Crippen molar-refractivity contribution in [1.82, 2.24) is 4.90 Å². The Hall–Kier alpha value is -3.15. The number of carbonyl (C=O) groups excluding carboxylic acids is 3. The summed E-state index contributed by atoms with van der Waals surface area (Å²) in [6.45, 7) is 7.62. The molecular weight excluding hydrogens is 402 g/mol. The molecule has 2 heterocycles. The molecule has 2 aliphatic rings. The number of nitrogens with one attached hydrogen (secondary N) is 1. The summed E-state index contributed by atoms with van der Waals surface area (Å²) >= 11 is 0. The van der Waals surface area contributed by atoms with E-state index in [0.717, 1.165) is 22.5 Å². The first-order chi connectivity index (χ1) is 15.3. The normalized spacial score (nSPS) is 19.3. The molecule has 2 aliphatic heterocycles. The molecule has 6 nitrogen and oxygen atoms in total. The molecule has 1 unspecified atom stereocenters. The Kier molecular flexibility index (Phi) is 6.31. The van der Waals surface area contributed by atoms with Crippen LogP contribution in [0.2, 0.25) is 0 Å². The monoisotopic (exact) mass is 433 g/mol. The van der Waals surface area contributed by atoms with Gasteiger partial charge in [0.2, 0.25) is 17.7 Å². The van der Waals surface area contributed by atoms with Crippen LogP contribution in [0.15, 0.2) is 42.5 Å². The Bertz CT molecular complexity index is 1020. The van der Waals surface area contributed by atoms with Crippen molar-refractivity contribution in [3.05, 3.63) is 59.2 Å². The molecular formula is C26H31N3O3. The number of benzene rings is 2. The van der Waals surface area contributed by atoms with Crippen LogP contribution in [-0.4, -0.2) is 42.3 Å². The van der Waals surface area contributed by atoms with Crippen LogP contribution in [0.3, 0.4) is 0 Å². The number of likely N-dealkylation sites (tertiary alicyclic amines) is 1. The quantitative estimate of drug-likeness (QED) is 0.796. The average molecular weight is 434 g/mol. The van der Waals surface area contributed by atoms with Crippen molar-refractivity contribution in [1.29, 1.82) is 0 Å². The van der Waals surface area contributed by atoms with E-state index in [-0.39, 0.29) is 36.0 Å². The molecule has 0 saturated carbocycles. The lowest BCUT2D eigenvalue weighted by molar-refractivity contribution is -0.138. The lowest BCUT2D eigenvalue weighted by Crippen LogP contribution is -2.44. The van der Waals surface area contributed by atoms with E-state index in [0.29, 0.717) is 32.5 Å². The molecule has 6 heteroatoms. The molecule has 2 aromatic rings. The maximum atomic E-state index is 13.1. The molecule has 1 atom stereocenters. The summed E-state index contributed by atoms with van der Waals surface area (Å²) in [5, 5.41) is 3.02. The first kappa shape index (κ1) is 22.1. The second kappa shape index (κ2) is 9.15. The summed E-state index contributed by atoms with van der Waals surface area (Å²) in [5.41, 5.74) is 5.14. The number of hydrogen-bond acceptors (Lipinski definition) is 3. The number of nitrogens with zero attached hydrogens (tertiary/aromatic N) is 2. The van der Waals surface area contributed by atoms with Gasteiger partial charge in [0.05, 0.1) is 5.92 Å². The van der Waals surface area contributed by atoms with E-state index < -0.39 is 0 Å². The molecule has 2 aromatic carbocycles. The van der Waals surface area contributed by atoms with Crippen LogP contribution in [0.5, 0.6) is 0 Å². The van der Waals surface area contributed by atoms with E-state index in [2.05, 4.69) is 5.32 Å². The van der Waals surface area contributed by atoms with E-state index in [1.54, 1.807) is 4.90 Å². The van der Waals surface area contributed by atoms with Crippen molar-refractivity contribution in [2.24, 2.45) is 11.8 Å². The van der Waals surface area contributed by atoms with Crippen molar-refractivity contribution in [3.63, 3.8) is 0 Å². The summed E-state index contributed by atoms with van der Waals surface area (Å²) in [7, 11) is 0. The molecule has 0 aliphatic carbocycles. The van der Waals surface area contributed by atoms with Gasteiger partial charge in [0.1, 0.15) is 0 Å². The molecule has 0 radical (unpaired) electrons. The molecule has 4 rings (SSSR count). The van der Waals surface area contributed by atoms with Crippen molar-refractivity contribution in [2.45, 2.75) is 40.0 Å². The number of piperidine rings is 1. The Balaban J connectivity index is 1.30. The molecule has 3 amide bonds. The highest BCUT2D eigenvalue weighted by atomic mass is 16.2. The number of amides is 3. The van der Waals surface area contributed by atoms with Gasteiger partial charge in [-0.2, -0.15) is 0 Å². The smallest absolute Gasteiger partial charge is 0.228 e. The van der Waals surface area contributed by atoms with Crippen LogP contribution < -0.4 is 10.2 Å². The highest BCUT2D eigenvalue weighted by Gasteiger charge is 2.38. The maximum absolute atomic E-state index is 13.1. The lowest BCUT2D eigenvalue weighted by atomic mass is 9.94. The predicted octanol–water partition coefficient (Wildman–Crippen LogP) is 3.84. The first-order valence-electron chi connectivity index (χ1n) is 11.4. The largest absolute Gasteiger partial charge is 0.342 e. The molecule has 1 N–H and O–H groups in total. The third-order valence-electron chi connectivity index (χ3n) is 6.77. The highest BCUT2D eigenvalue weighted by molar-refractivity contribution is 6.00. The van der Waals surface area contributed by atoms with Crippen LogP contribution in [0, 0.1) is 32.6 Å². The first-order valence-corrected chi connectivity index (χ1v) is 11.4. The third kappa shape index (κ3) is 4.69. The van der Waals surface area contributed by atoms with E-state index in [4.69, 9.17) is 0 Å². The molecule has 0 aromatic heterocycles. The molecule has 32 heavy (non-hydrogen) atoms. The SMILES string of the molecule is Cc1ccc(N2CC(C(=O)N3CCC(C(=O)Nc4ccc(C)c(C)c4)CC3)CC2=O)cc1. The third-order valence-corrected chi connectivity index (χ3v) is 6.77. The number of aryl methyl sites for hydroxylation is 3. The van der Waals surface area contributed by atoms with Crippen molar-refractivity contribution in [2.75, 3.05) is 29.9 Å². The zero-order valence-corrected chi connectivity index (χ0v) is 19.1. The van der Waals surface area contributed by atoms with Gasteiger partial charge >= 0.3 is 0 Å². The zero-order valence-electron chi connectivity index (χ0n) is 19.1. The van der Waals surface area contributed by atoms with Gasteiger partial charge in [0.15, 0.2) is 0 Å². The molecule has 0 spiro atoms. The second-order valence-corrected chi connectivity index (χ2v) is 9.13. The minimum atomic E-state index is -0.315. The number of carbonyl (C=O) groups is 3. The maximum Gasteiger partial charge on any atom is 0.228 e. The summed E-state index contributed by atoms with van der Waals surface area (Å²) in [4.78, 5) is 41.8. The highest BCUT2D eigenvalue weighted by Crippen LogP contribution is 2.28. The Morgan fingerprint density at radius 2 is 1.59 bits per heavy atom. The predicted molar refractivity (Wildman–Crippen MR) is 125 cm³/mol. The van der Waals surface area contributed by atoms with Gasteiger partial charge < -0.3 is 15.1 Å². The second-order valence-electron chi connectivity index (χ2n) is 9.13. The van der Waals surface area contributed by atoms with Gasteiger partial charge in [0.25, 0.3) is 0 Å². The Morgan fingerprint density at radius 3 is 2.25 bits per heavy atom. The minimum Gasteiger partial charge on any atom is -0.342 e. The molecule has 0 bridgehead atoms. The van der Waals surface area contributed by atoms with Gasteiger partial charge in [-0.1, -0.05) is 23.8 Å². The van der Waals surface area contributed by atoms with E-state index in [9.17, 15) is 14.4 Å². The summed E-state index contributed by atoms with van der Waals surface area (Å²) in [6, 6.07) is 13.7. The van der Waals surface area contributed by atoms with Crippen LogP contribution in [0.1, 0.15) is 36.0 Å². The minimum absolute atomic E-state index is 0.00476. The van der Waals surface area contributed by atoms with E-state index in [1.807, 2.05) is 68.1 Å². The van der Waals surface area contributed by atoms with Crippen molar-refractivity contribution < 1.29 is 14.4 Å². The fraction of sp³-hybridized carbons (Fsp3) is 0.423. The summed E-state index contributed by atoms with van der Waals surface area (Å²) < 4.78 is 0. The Morgan fingerprint density at radius 1 is 0.906 bits per heavy atom. The average Bonchev–Trinajstić information content (AvgIpc) is 3.18. The Labute approximate surface area is 189 Å². The van der Waals surface area contributed by atoms with Crippen LogP contribution in [0.4, 0.5) is 11.4 Å². The van der Waals surface area contributed by atoms with Crippen molar-refractivity contribution in [3.8, 4) is 0 Å². The van der Waals surface area contributed by atoms with Gasteiger partial charge in [-0.25, -0.2) is 0 Å². The fourth-order valence-corrected chi connectivity index (χ4v) is 4.53. The van der Waals surface area contributed by atoms with Crippen LogP contribution >= 0.6 is 0 Å². The van der Waals surface area contributed by atoms with Gasteiger partial charge in [-0.15, -0.1) is 0 Å². The zero-order chi connectivity index (χ0) is 22.8. The molecule has 168 valence electrons. The topological polar surface area (TPSA) is 69.7 Å². The van der Waals surface area contributed by atoms with E-state index >= 15 is 0 Å². The summed E-state index contributed by atoms with van der Waals surface area (Å²) in [5.74, 6) is -0.377. The number of anilines is 2. The molecule has 2 saturated heterocycles. The van der Waals surface area contributed by atoms with Crippen LogP contribution in [-0.2, 0) is 14.4 Å². The summed E-state index contributed by atoms with van der Waals surface area (Å²) in [6.07, 6.45) is 1.54. The van der Waals surface area contributed by atoms with Gasteiger partial charge in [0, 0.05) is 43.3 Å². The van der Waals surface area contributed by atoms with Crippen molar-refractivity contribution >= 4 is 29.1 Å². The fourth-order valence-electron chi connectivity index (χ4n) is 4.53. The van der Waals surface area contributed by atoms with Gasteiger partial charge in [-0.05, 0) is 69.0 Å². The van der Waals surface area contributed by atoms with Gasteiger partial charge in [-0.3, -0.25) is 14.4 Å². The molecule has 2 fully saturated rings. The van der Waals surface area contributed by atoms with Crippen LogP contribution in [0.25, 0.3) is 0 Å².